The third kappa shape index (κ3) is 3.56. The van der Waals surface area contributed by atoms with Gasteiger partial charge in [-0.3, -0.25) is 4.98 Å². The molecule has 2 rings (SSSR count). The number of hydrogen-bond donors (Lipinski definition) is 1. The average Bonchev–Trinajstić information content (AvgIpc) is 2.41. The Balaban J connectivity index is 2.29. The first kappa shape index (κ1) is 14.9. The minimum atomic E-state index is -0.281. The van der Waals surface area contributed by atoms with Crippen LogP contribution in [0.25, 0.3) is 0 Å². The van der Waals surface area contributed by atoms with E-state index in [0.29, 0.717) is 17.0 Å². The highest BCUT2D eigenvalue weighted by atomic mass is 35.5. The van der Waals surface area contributed by atoms with E-state index >= 15 is 0 Å². The molecule has 106 valence electrons. The number of nitrogens with one attached hydrogen (secondary N) is 1. The summed E-state index contributed by atoms with van der Waals surface area (Å²) in [6, 6.07) is 8.63. The molecule has 0 saturated heterocycles. The van der Waals surface area contributed by atoms with Crippen LogP contribution in [0.1, 0.15) is 29.8 Å². The number of likely N-dealkylation sites (N-methyl/N-ethyl adjacent to an activating group) is 1. The zero-order chi connectivity index (χ0) is 14.5. The molecule has 0 aliphatic rings. The average molecular weight is 293 g/mol. The molecule has 1 heterocycles. The quantitative estimate of drug-likeness (QED) is 0.898. The van der Waals surface area contributed by atoms with Gasteiger partial charge in [0.25, 0.3) is 0 Å². The third-order valence-electron chi connectivity index (χ3n) is 3.30. The number of hydrogen-bond acceptors (Lipinski definition) is 2. The van der Waals surface area contributed by atoms with Crippen LogP contribution < -0.4 is 5.32 Å². The number of benzene rings is 1. The molecule has 0 saturated carbocycles. The topological polar surface area (TPSA) is 24.9 Å². The van der Waals surface area contributed by atoms with Crippen LogP contribution in [0.5, 0.6) is 0 Å². The second kappa shape index (κ2) is 6.82. The Labute approximate surface area is 124 Å². The van der Waals surface area contributed by atoms with E-state index in [1.54, 1.807) is 18.3 Å². The standard InChI is InChI=1S/C16H18ClFN2/c1-3-19-16(10-15-11(2)5-4-8-20-15)13-7-6-12(17)9-14(13)18/h4-9,16,19H,3,10H2,1-2H3. The predicted molar refractivity (Wildman–Crippen MR) is 80.5 cm³/mol. The van der Waals surface area contributed by atoms with E-state index in [9.17, 15) is 4.39 Å². The van der Waals surface area contributed by atoms with E-state index in [0.717, 1.165) is 17.8 Å². The fourth-order valence-electron chi connectivity index (χ4n) is 2.25. The molecule has 0 fully saturated rings. The number of aryl methyl sites for hydroxylation is 1. The lowest BCUT2D eigenvalue weighted by Crippen LogP contribution is -2.24. The van der Waals surface area contributed by atoms with Crippen LogP contribution in [0.2, 0.25) is 5.02 Å². The Morgan fingerprint density at radius 3 is 2.80 bits per heavy atom. The fraction of sp³-hybridized carbons (Fsp3) is 0.312. The van der Waals surface area contributed by atoms with Gasteiger partial charge < -0.3 is 5.32 Å². The molecular formula is C16H18ClFN2. The number of rotatable bonds is 5. The largest absolute Gasteiger partial charge is 0.310 e. The number of halogens is 2. The van der Waals surface area contributed by atoms with Gasteiger partial charge in [0.2, 0.25) is 0 Å². The lowest BCUT2D eigenvalue weighted by Gasteiger charge is -2.19. The number of nitrogens with zero attached hydrogens (tertiary/aromatic N) is 1. The zero-order valence-corrected chi connectivity index (χ0v) is 12.4. The molecule has 0 bridgehead atoms. The van der Waals surface area contributed by atoms with Crippen LogP contribution in [0.3, 0.4) is 0 Å². The van der Waals surface area contributed by atoms with Crippen LogP contribution in [0.15, 0.2) is 36.5 Å². The maximum absolute atomic E-state index is 14.1. The van der Waals surface area contributed by atoms with Gasteiger partial charge in [0.15, 0.2) is 0 Å². The van der Waals surface area contributed by atoms with Gasteiger partial charge in [0, 0.05) is 34.9 Å². The lowest BCUT2D eigenvalue weighted by molar-refractivity contribution is 0.505. The Morgan fingerprint density at radius 1 is 1.35 bits per heavy atom. The van der Waals surface area contributed by atoms with Crippen molar-refractivity contribution in [1.82, 2.24) is 10.3 Å². The van der Waals surface area contributed by atoms with Crippen molar-refractivity contribution in [2.24, 2.45) is 0 Å². The van der Waals surface area contributed by atoms with Gasteiger partial charge in [-0.1, -0.05) is 30.7 Å². The Hall–Kier alpha value is -1.45. The van der Waals surface area contributed by atoms with Gasteiger partial charge in [-0.15, -0.1) is 0 Å². The zero-order valence-electron chi connectivity index (χ0n) is 11.7. The van der Waals surface area contributed by atoms with Gasteiger partial charge >= 0.3 is 0 Å². The van der Waals surface area contributed by atoms with E-state index in [-0.39, 0.29) is 11.9 Å². The molecule has 1 N–H and O–H groups in total. The highest BCUT2D eigenvalue weighted by Crippen LogP contribution is 2.24. The smallest absolute Gasteiger partial charge is 0.129 e. The first-order valence-corrected chi connectivity index (χ1v) is 7.08. The molecule has 1 atom stereocenters. The van der Waals surface area contributed by atoms with Crippen molar-refractivity contribution in [3.63, 3.8) is 0 Å². The summed E-state index contributed by atoms with van der Waals surface area (Å²) in [6.07, 6.45) is 2.42. The van der Waals surface area contributed by atoms with Crippen molar-refractivity contribution < 1.29 is 4.39 Å². The summed E-state index contributed by atoms with van der Waals surface area (Å²) in [5.74, 6) is -0.281. The molecule has 1 aromatic heterocycles. The van der Waals surface area contributed by atoms with Crippen molar-refractivity contribution in [2.75, 3.05) is 6.54 Å². The lowest BCUT2D eigenvalue weighted by atomic mass is 9.99. The summed E-state index contributed by atoms with van der Waals surface area (Å²) in [7, 11) is 0. The Morgan fingerprint density at radius 2 is 2.15 bits per heavy atom. The van der Waals surface area contributed by atoms with E-state index in [4.69, 9.17) is 11.6 Å². The highest BCUT2D eigenvalue weighted by Gasteiger charge is 2.17. The van der Waals surface area contributed by atoms with Crippen molar-refractivity contribution in [3.8, 4) is 0 Å². The summed E-state index contributed by atoms with van der Waals surface area (Å²) in [4.78, 5) is 4.38. The van der Waals surface area contributed by atoms with Crippen LogP contribution >= 0.6 is 11.6 Å². The normalized spacial score (nSPS) is 12.4. The van der Waals surface area contributed by atoms with E-state index in [1.165, 1.54) is 6.07 Å². The molecule has 1 aromatic carbocycles. The predicted octanol–water partition coefficient (Wildman–Crippen LogP) is 4.08. The fourth-order valence-corrected chi connectivity index (χ4v) is 2.41. The van der Waals surface area contributed by atoms with Crippen molar-refractivity contribution in [2.45, 2.75) is 26.3 Å². The van der Waals surface area contributed by atoms with Crippen LogP contribution in [0, 0.1) is 12.7 Å². The molecule has 0 aliphatic heterocycles. The Bertz CT molecular complexity index is 586. The number of aromatic nitrogens is 1. The second-order valence-corrected chi connectivity index (χ2v) is 5.18. The summed E-state index contributed by atoms with van der Waals surface area (Å²) in [5.41, 5.74) is 2.72. The van der Waals surface area contributed by atoms with Gasteiger partial charge in [0.05, 0.1) is 0 Å². The maximum Gasteiger partial charge on any atom is 0.129 e. The van der Waals surface area contributed by atoms with Gasteiger partial charge in [0.1, 0.15) is 5.82 Å². The van der Waals surface area contributed by atoms with E-state index in [1.807, 2.05) is 26.0 Å². The maximum atomic E-state index is 14.1. The van der Waals surface area contributed by atoms with Crippen molar-refractivity contribution in [1.29, 1.82) is 0 Å². The van der Waals surface area contributed by atoms with Gasteiger partial charge in [-0.05, 0) is 37.2 Å². The molecule has 0 spiro atoms. The summed E-state index contributed by atoms with van der Waals surface area (Å²) in [6.45, 7) is 4.79. The molecule has 20 heavy (non-hydrogen) atoms. The molecule has 4 heteroatoms. The second-order valence-electron chi connectivity index (χ2n) is 4.75. The molecular weight excluding hydrogens is 275 g/mol. The van der Waals surface area contributed by atoms with E-state index in [2.05, 4.69) is 10.3 Å². The SMILES string of the molecule is CCNC(Cc1ncccc1C)c1ccc(Cl)cc1F. The van der Waals surface area contributed by atoms with Crippen molar-refractivity contribution in [3.05, 3.63) is 64.2 Å². The minimum absolute atomic E-state index is 0.106. The van der Waals surface area contributed by atoms with Crippen LogP contribution in [-0.2, 0) is 6.42 Å². The van der Waals surface area contributed by atoms with Gasteiger partial charge in [-0.2, -0.15) is 0 Å². The van der Waals surface area contributed by atoms with Crippen molar-refractivity contribution >= 4 is 11.6 Å². The first-order chi connectivity index (χ1) is 9.61. The molecule has 0 amide bonds. The van der Waals surface area contributed by atoms with Gasteiger partial charge in [-0.25, -0.2) is 4.39 Å². The highest BCUT2D eigenvalue weighted by molar-refractivity contribution is 6.30. The first-order valence-electron chi connectivity index (χ1n) is 6.70. The summed E-state index contributed by atoms with van der Waals surface area (Å²) in [5, 5.41) is 3.72. The molecule has 2 aromatic rings. The number of pyridine rings is 1. The molecule has 2 nitrogen and oxygen atoms in total. The minimum Gasteiger partial charge on any atom is -0.310 e. The third-order valence-corrected chi connectivity index (χ3v) is 3.54. The van der Waals surface area contributed by atoms with E-state index < -0.39 is 0 Å². The van der Waals surface area contributed by atoms with Crippen LogP contribution in [0.4, 0.5) is 4.39 Å². The Kier molecular flexibility index (Phi) is 5.10. The van der Waals surface area contributed by atoms with Crippen LogP contribution in [-0.4, -0.2) is 11.5 Å². The monoisotopic (exact) mass is 292 g/mol. The summed E-state index contributed by atoms with van der Waals surface area (Å²) < 4.78 is 14.1. The molecule has 0 radical (unpaired) electrons. The summed E-state index contributed by atoms with van der Waals surface area (Å²) >= 11 is 5.81. The molecule has 1 unspecified atom stereocenters. The molecule has 0 aliphatic carbocycles.